The SMILES string of the molecule is Cc1ccc(P(=O)(c2ccc(C)cc2)C(/C=C/c2ccccc2)c2ccccc2)cc1. The number of benzene rings is 4. The zero-order valence-corrected chi connectivity index (χ0v) is 18.9. The van der Waals surface area contributed by atoms with Gasteiger partial charge in [0.25, 0.3) is 0 Å². The molecule has 0 aliphatic heterocycles. The van der Waals surface area contributed by atoms with Gasteiger partial charge in [-0.05, 0) is 25.0 Å². The third-order valence-electron chi connectivity index (χ3n) is 5.64. The molecule has 0 spiro atoms. The molecular formula is C29H27OP. The molecule has 4 rings (SSSR count). The molecule has 1 unspecified atom stereocenters. The normalized spacial score (nSPS) is 12.7. The van der Waals surface area contributed by atoms with Crippen molar-refractivity contribution >= 4 is 23.8 Å². The number of hydrogen-bond donors (Lipinski definition) is 0. The van der Waals surface area contributed by atoms with E-state index in [9.17, 15) is 0 Å². The maximum absolute atomic E-state index is 15.1. The molecule has 0 aliphatic carbocycles. The van der Waals surface area contributed by atoms with Crippen LogP contribution in [0.2, 0.25) is 0 Å². The summed E-state index contributed by atoms with van der Waals surface area (Å²) in [7, 11) is -3.02. The summed E-state index contributed by atoms with van der Waals surface area (Å²) in [6.07, 6.45) is 4.21. The van der Waals surface area contributed by atoms with Crippen LogP contribution in [-0.2, 0) is 4.57 Å². The monoisotopic (exact) mass is 422 g/mol. The molecule has 0 amide bonds. The minimum absolute atomic E-state index is 0.265. The predicted octanol–water partition coefficient (Wildman–Crippen LogP) is 7.07. The predicted molar refractivity (Wildman–Crippen MR) is 134 cm³/mol. The fourth-order valence-corrected chi connectivity index (χ4v) is 6.91. The van der Waals surface area contributed by atoms with E-state index in [0.717, 1.165) is 32.9 Å². The van der Waals surface area contributed by atoms with E-state index in [2.05, 4.69) is 74.5 Å². The summed E-state index contributed by atoms with van der Waals surface area (Å²) in [6.45, 7) is 4.12. The molecule has 0 aliphatic rings. The average molecular weight is 423 g/mol. The van der Waals surface area contributed by atoms with Gasteiger partial charge in [-0.15, -0.1) is 0 Å². The molecule has 0 fully saturated rings. The van der Waals surface area contributed by atoms with Gasteiger partial charge in [-0.25, -0.2) is 0 Å². The van der Waals surface area contributed by atoms with Crippen LogP contribution >= 0.6 is 7.14 Å². The molecule has 0 aromatic heterocycles. The molecule has 0 heterocycles. The van der Waals surface area contributed by atoms with E-state index in [-0.39, 0.29) is 5.66 Å². The van der Waals surface area contributed by atoms with Crippen LogP contribution in [0, 0.1) is 13.8 Å². The Morgan fingerprint density at radius 3 is 1.55 bits per heavy atom. The van der Waals surface area contributed by atoms with Crippen molar-refractivity contribution in [1.82, 2.24) is 0 Å². The lowest BCUT2D eigenvalue weighted by Gasteiger charge is -2.27. The van der Waals surface area contributed by atoms with E-state index < -0.39 is 7.14 Å². The van der Waals surface area contributed by atoms with Gasteiger partial charge < -0.3 is 4.57 Å². The van der Waals surface area contributed by atoms with Crippen molar-refractivity contribution in [2.75, 3.05) is 0 Å². The van der Waals surface area contributed by atoms with E-state index in [4.69, 9.17) is 0 Å². The fraction of sp³-hybridized carbons (Fsp3) is 0.103. The summed E-state index contributed by atoms with van der Waals surface area (Å²) in [4.78, 5) is 0. The largest absolute Gasteiger partial charge is 0.313 e. The van der Waals surface area contributed by atoms with E-state index in [1.807, 2.05) is 60.7 Å². The fourth-order valence-electron chi connectivity index (χ4n) is 3.86. The van der Waals surface area contributed by atoms with Gasteiger partial charge in [0.1, 0.15) is 0 Å². The zero-order chi connectivity index (χ0) is 21.7. The average Bonchev–Trinajstić information content (AvgIpc) is 2.81. The lowest BCUT2D eigenvalue weighted by Crippen LogP contribution is -2.21. The highest BCUT2D eigenvalue weighted by molar-refractivity contribution is 7.79. The highest BCUT2D eigenvalue weighted by Crippen LogP contribution is 2.58. The van der Waals surface area contributed by atoms with Gasteiger partial charge in [0.15, 0.2) is 7.14 Å². The summed E-state index contributed by atoms with van der Waals surface area (Å²) in [5.74, 6) is 0. The van der Waals surface area contributed by atoms with Crippen molar-refractivity contribution in [3.63, 3.8) is 0 Å². The van der Waals surface area contributed by atoms with E-state index in [1.54, 1.807) is 0 Å². The van der Waals surface area contributed by atoms with Crippen molar-refractivity contribution in [3.8, 4) is 0 Å². The molecule has 0 N–H and O–H groups in total. The summed E-state index contributed by atoms with van der Waals surface area (Å²) < 4.78 is 15.1. The Morgan fingerprint density at radius 1 is 0.613 bits per heavy atom. The van der Waals surface area contributed by atoms with Crippen molar-refractivity contribution in [3.05, 3.63) is 138 Å². The van der Waals surface area contributed by atoms with Crippen molar-refractivity contribution in [2.24, 2.45) is 0 Å². The Morgan fingerprint density at radius 2 is 1.06 bits per heavy atom. The summed E-state index contributed by atoms with van der Waals surface area (Å²) in [5.41, 5.74) is 4.21. The Balaban J connectivity index is 1.93. The second kappa shape index (κ2) is 9.33. The second-order valence-corrected chi connectivity index (χ2v) is 10.9. The van der Waals surface area contributed by atoms with Gasteiger partial charge in [0.05, 0.1) is 5.66 Å². The van der Waals surface area contributed by atoms with E-state index in [0.29, 0.717) is 0 Å². The number of allylic oxidation sites excluding steroid dienone is 1. The first-order valence-electron chi connectivity index (χ1n) is 10.6. The number of rotatable bonds is 6. The lowest BCUT2D eigenvalue weighted by atomic mass is 10.1. The molecule has 0 bridgehead atoms. The molecule has 0 saturated heterocycles. The molecule has 154 valence electrons. The van der Waals surface area contributed by atoms with Crippen molar-refractivity contribution in [1.29, 1.82) is 0 Å². The van der Waals surface area contributed by atoms with Gasteiger partial charge in [-0.2, -0.15) is 0 Å². The molecule has 0 saturated carbocycles. The molecule has 31 heavy (non-hydrogen) atoms. The van der Waals surface area contributed by atoms with Crippen LogP contribution in [-0.4, -0.2) is 0 Å². The van der Waals surface area contributed by atoms with Crippen LogP contribution in [0.5, 0.6) is 0 Å². The van der Waals surface area contributed by atoms with Crippen LogP contribution in [0.3, 0.4) is 0 Å². The molecule has 2 heteroatoms. The lowest BCUT2D eigenvalue weighted by molar-refractivity contribution is 0.583. The quantitative estimate of drug-likeness (QED) is 0.304. The van der Waals surface area contributed by atoms with Crippen LogP contribution in [0.1, 0.15) is 27.9 Å². The Labute approximate surface area is 185 Å². The van der Waals surface area contributed by atoms with E-state index >= 15 is 4.57 Å². The first kappa shape index (κ1) is 21.1. The minimum Gasteiger partial charge on any atom is -0.313 e. The third kappa shape index (κ3) is 4.63. The maximum Gasteiger partial charge on any atom is 0.153 e. The molecule has 0 radical (unpaired) electrons. The third-order valence-corrected chi connectivity index (χ3v) is 9.02. The highest BCUT2D eigenvalue weighted by Gasteiger charge is 2.36. The Hall–Kier alpha value is -3.15. The van der Waals surface area contributed by atoms with Crippen molar-refractivity contribution in [2.45, 2.75) is 19.5 Å². The standard InChI is InChI=1S/C29H27OP/c1-23-13-18-27(19-14-23)31(30,28-20-15-24(2)16-21-28)29(26-11-7-4-8-12-26)22-17-25-9-5-3-6-10-25/h3-22,29H,1-2H3/b22-17+. The van der Waals surface area contributed by atoms with Crippen LogP contribution < -0.4 is 10.6 Å². The van der Waals surface area contributed by atoms with Gasteiger partial charge in [0.2, 0.25) is 0 Å². The smallest absolute Gasteiger partial charge is 0.153 e. The topological polar surface area (TPSA) is 17.1 Å². The first-order valence-corrected chi connectivity index (χ1v) is 12.4. The van der Waals surface area contributed by atoms with E-state index in [1.165, 1.54) is 0 Å². The van der Waals surface area contributed by atoms with Crippen LogP contribution in [0.4, 0.5) is 0 Å². The van der Waals surface area contributed by atoms with Crippen molar-refractivity contribution < 1.29 is 4.57 Å². The maximum atomic E-state index is 15.1. The van der Waals surface area contributed by atoms with Gasteiger partial charge in [0, 0.05) is 10.6 Å². The Kier molecular flexibility index (Phi) is 6.35. The molecule has 4 aromatic rings. The summed E-state index contributed by atoms with van der Waals surface area (Å²) >= 11 is 0. The number of aryl methyl sites for hydroxylation is 2. The molecule has 4 aromatic carbocycles. The molecule has 1 atom stereocenters. The van der Waals surface area contributed by atoms with Gasteiger partial charge >= 0.3 is 0 Å². The van der Waals surface area contributed by atoms with Gasteiger partial charge in [-0.3, -0.25) is 0 Å². The number of hydrogen-bond acceptors (Lipinski definition) is 1. The zero-order valence-electron chi connectivity index (χ0n) is 18.0. The van der Waals surface area contributed by atoms with Crippen LogP contribution in [0.15, 0.2) is 115 Å². The summed E-state index contributed by atoms with van der Waals surface area (Å²) in [6, 6.07) is 36.7. The van der Waals surface area contributed by atoms with Crippen LogP contribution in [0.25, 0.3) is 6.08 Å². The summed E-state index contributed by atoms with van der Waals surface area (Å²) in [5, 5.41) is 1.77. The Bertz CT molecular complexity index is 1140. The first-order chi connectivity index (χ1) is 15.1. The molecular weight excluding hydrogens is 395 g/mol. The minimum atomic E-state index is -3.02. The van der Waals surface area contributed by atoms with Gasteiger partial charge in [-0.1, -0.05) is 132 Å². The highest BCUT2D eigenvalue weighted by atomic mass is 31.2. The second-order valence-electron chi connectivity index (χ2n) is 7.95. The molecule has 1 nitrogen and oxygen atoms in total.